The fraction of sp³-hybridized carbons (Fsp3) is 0.600. The Morgan fingerprint density at radius 1 is 1.69 bits per heavy atom. The molecule has 0 aliphatic rings. The summed E-state index contributed by atoms with van der Waals surface area (Å²) in [7, 11) is 1.58. The summed E-state index contributed by atoms with van der Waals surface area (Å²) in [5, 5.41) is 13.7. The molecule has 0 fully saturated rings. The van der Waals surface area contributed by atoms with Gasteiger partial charge in [-0.25, -0.2) is 0 Å². The van der Waals surface area contributed by atoms with Gasteiger partial charge in [-0.1, -0.05) is 0 Å². The van der Waals surface area contributed by atoms with Gasteiger partial charge in [0.05, 0.1) is 23.8 Å². The van der Waals surface area contributed by atoms with Gasteiger partial charge in [0.1, 0.15) is 11.3 Å². The third kappa shape index (κ3) is 2.90. The van der Waals surface area contributed by atoms with E-state index in [2.05, 4.69) is 21.0 Å². The second-order valence-electron chi connectivity index (χ2n) is 3.95. The van der Waals surface area contributed by atoms with Crippen LogP contribution in [0.2, 0.25) is 0 Å². The lowest BCUT2D eigenvalue weighted by molar-refractivity contribution is 0.0473. The first-order valence-corrected chi connectivity index (χ1v) is 5.64. The summed E-state index contributed by atoms with van der Waals surface area (Å²) in [4.78, 5) is 12.0. The zero-order valence-corrected chi connectivity index (χ0v) is 11.1. The summed E-state index contributed by atoms with van der Waals surface area (Å²) in [5.74, 6) is -0.368. The number of carbonyl (C=O) groups excluding carboxylic acids is 1. The summed E-state index contributed by atoms with van der Waals surface area (Å²) >= 11 is 3.25. The number of Topliss-reactive ketones (excluding diaryl/α,β-unsaturated/α-hetero) is 1. The van der Waals surface area contributed by atoms with Gasteiger partial charge >= 0.3 is 0 Å². The average molecular weight is 291 g/mol. The third-order valence-corrected chi connectivity index (χ3v) is 2.65. The Hall–Kier alpha value is -0.720. The number of ketones is 1. The molecule has 0 saturated carbocycles. The normalized spacial score (nSPS) is 11.8. The fourth-order valence-corrected chi connectivity index (χ4v) is 1.70. The highest BCUT2D eigenvalue weighted by Gasteiger charge is 2.30. The molecule has 0 aliphatic heterocycles. The van der Waals surface area contributed by atoms with Gasteiger partial charge in [0.25, 0.3) is 0 Å². The largest absolute Gasteiger partial charge is 0.383 e. The molecule has 5 nitrogen and oxygen atoms in total. The summed E-state index contributed by atoms with van der Waals surface area (Å²) in [6.07, 6.45) is 1.54. The number of methoxy groups -OCH3 is 1. The molecule has 0 radical (unpaired) electrons. The van der Waals surface area contributed by atoms with E-state index in [9.17, 15) is 9.90 Å². The second kappa shape index (κ2) is 5.07. The maximum absolute atomic E-state index is 12.0. The van der Waals surface area contributed by atoms with Gasteiger partial charge in [-0.2, -0.15) is 5.10 Å². The molecular formula is C10H15BrN2O3. The Labute approximate surface area is 103 Å². The lowest BCUT2D eigenvalue weighted by Gasteiger charge is -2.16. The first-order chi connectivity index (χ1) is 7.38. The molecule has 0 aromatic carbocycles. The minimum absolute atomic E-state index is 0.365. The van der Waals surface area contributed by atoms with Gasteiger partial charge in [-0.3, -0.25) is 9.48 Å². The monoisotopic (exact) mass is 290 g/mol. The molecular weight excluding hydrogens is 276 g/mol. The molecule has 1 N–H and O–H groups in total. The van der Waals surface area contributed by atoms with E-state index >= 15 is 0 Å². The van der Waals surface area contributed by atoms with Crippen molar-refractivity contribution >= 4 is 21.7 Å². The van der Waals surface area contributed by atoms with Gasteiger partial charge in [-0.05, 0) is 29.8 Å². The van der Waals surface area contributed by atoms with E-state index < -0.39 is 5.60 Å². The maximum Gasteiger partial charge on any atom is 0.212 e. The molecule has 16 heavy (non-hydrogen) atoms. The van der Waals surface area contributed by atoms with Crippen LogP contribution in [0.3, 0.4) is 0 Å². The maximum atomic E-state index is 12.0. The van der Waals surface area contributed by atoms with E-state index in [1.807, 2.05) is 0 Å². The standard InChI is InChI=1S/C10H15BrN2O3/c1-10(2,15)9(14)8-7(11)6-12-13(8)4-5-16-3/h6,15H,4-5H2,1-3H3. The zero-order valence-electron chi connectivity index (χ0n) is 9.53. The van der Waals surface area contributed by atoms with Crippen molar-refractivity contribution in [3.8, 4) is 0 Å². The predicted octanol–water partition coefficient (Wildman–Crippen LogP) is 1.25. The summed E-state index contributed by atoms with van der Waals surface area (Å²) in [6, 6.07) is 0. The van der Waals surface area contributed by atoms with Crippen molar-refractivity contribution < 1.29 is 14.6 Å². The van der Waals surface area contributed by atoms with Crippen molar-refractivity contribution in [1.82, 2.24) is 9.78 Å². The number of aromatic nitrogens is 2. The van der Waals surface area contributed by atoms with E-state index in [-0.39, 0.29) is 5.78 Å². The molecule has 0 unspecified atom stereocenters. The van der Waals surface area contributed by atoms with Gasteiger partial charge in [0.15, 0.2) is 0 Å². The second-order valence-corrected chi connectivity index (χ2v) is 4.80. The Morgan fingerprint density at radius 3 is 2.81 bits per heavy atom. The number of halogens is 1. The first kappa shape index (κ1) is 13.3. The van der Waals surface area contributed by atoms with Crippen LogP contribution in [0, 0.1) is 0 Å². The van der Waals surface area contributed by atoms with Crippen LogP contribution in [-0.2, 0) is 11.3 Å². The van der Waals surface area contributed by atoms with Crippen molar-refractivity contribution in [3.05, 3.63) is 16.4 Å². The SMILES string of the molecule is COCCn1ncc(Br)c1C(=O)C(C)(C)O. The van der Waals surface area contributed by atoms with Crippen LogP contribution in [0.4, 0.5) is 0 Å². The minimum atomic E-state index is -1.41. The highest BCUT2D eigenvalue weighted by Crippen LogP contribution is 2.21. The van der Waals surface area contributed by atoms with Crippen LogP contribution < -0.4 is 0 Å². The van der Waals surface area contributed by atoms with Crippen LogP contribution in [-0.4, -0.2) is 40.0 Å². The molecule has 90 valence electrons. The summed E-state index contributed by atoms with van der Waals surface area (Å²) in [5.41, 5.74) is -1.04. The minimum Gasteiger partial charge on any atom is -0.383 e. The highest BCUT2D eigenvalue weighted by molar-refractivity contribution is 9.10. The summed E-state index contributed by atoms with van der Waals surface area (Å²) < 4.78 is 7.03. The molecule has 0 saturated heterocycles. The molecule has 6 heteroatoms. The van der Waals surface area contributed by atoms with Gasteiger partial charge < -0.3 is 9.84 Å². The molecule has 0 bridgehead atoms. The first-order valence-electron chi connectivity index (χ1n) is 4.85. The molecule has 1 aromatic heterocycles. The molecule has 0 amide bonds. The van der Waals surface area contributed by atoms with E-state index in [0.29, 0.717) is 23.3 Å². The van der Waals surface area contributed by atoms with Crippen molar-refractivity contribution in [1.29, 1.82) is 0 Å². The molecule has 0 atom stereocenters. The number of ether oxygens (including phenoxy) is 1. The number of hydrogen-bond acceptors (Lipinski definition) is 4. The zero-order chi connectivity index (χ0) is 12.3. The molecule has 1 rings (SSSR count). The van der Waals surface area contributed by atoms with Crippen molar-refractivity contribution in [2.45, 2.75) is 26.0 Å². The number of nitrogens with zero attached hydrogens (tertiary/aromatic N) is 2. The lowest BCUT2D eigenvalue weighted by Crippen LogP contribution is -2.33. The Balaban J connectivity index is 3.02. The number of aliphatic hydroxyl groups is 1. The Kier molecular flexibility index (Phi) is 4.23. The average Bonchev–Trinajstić information content (AvgIpc) is 2.54. The van der Waals surface area contributed by atoms with E-state index in [4.69, 9.17) is 4.74 Å². The lowest BCUT2D eigenvalue weighted by atomic mass is 10.0. The van der Waals surface area contributed by atoms with Gasteiger partial charge in [0.2, 0.25) is 5.78 Å². The number of carbonyl (C=O) groups is 1. The van der Waals surface area contributed by atoms with E-state index in [1.54, 1.807) is 7.11 Å². The van der Waals surface area contributed by atoms with Gasteiger partial charge in [0, 0.05) is 7.11 Å². The van der Waals surface area contributed by atoms with Crippen LogP contribution in [0.15, 0.2) is 10.7 Å². The van der Waals surface area contributed by atoms with Crippen LogP contribution in [0.25, 0.3) is 0 Å². The highest BCUT2D eigenvalue weighted by atomic mass is 79.9. The van der Waals surface area contributed by atoms with Crippen LogP contribution in [0.5, 0.6) is 0 Å². The topological polar surface area (TPSA) is 64.4 Å². The number of hydrogen-bond donors (Lipinski definition) is 1. The molecule has 0 spiro atoms. The van der Waals surface area contributed by atoms with Gasteiger partial charge in [-0.15, -0.1) is 0 Å². The molecule has 1 aromatic rings. The van der Waals surface area contributed by atoms with E-state index in [0.717, 1.165) is 0 Å². The van der Waals surface area contributed by atoms with Crippen molar-refractivity contribution in [2.24, 2.45) is 0 Å². The van der Waals surface area contributed by atoms with Crippen molar-refractivity contribution in [3.63, 3.8) is 0 Å². The Bertz CT molecular complexity index is 382. The smallest absolute Gasteiger partial charge is 0.212 e. The Morgan fingerprint density at radius 2 is 2.31 bits per heavy atom. The molecule has 0 aliphatic carbocycles. The summed E-state index contributed by atoms with van der Waals surface area (Å²) in [6.45, 7) is 3.84. The van der Waals surface area contributed by atoms with Crippen LogP contribution in [0.1, 0.15) is 24.3 Å². The quantitative estimate of drug-likeness (QED) is 0.829. The predicted molar refractivity (Wildman–Crippen MR) is 62.4 cm³/mol. The van der Waals surface area contributed by atoms with E-state index in [1.165, 1.54) is 24.7 Å². The van der Waals surface area contributed by atoms with Crippen molar-refractivity contribution in [2.75, 3.05) is 13.7 Å². The number of rotatable bonds is 5. The third-order valence-electron chi connectivity index (χ3n) is 2.07. The van der Waals surface area contributed by atoms with Crippen LogP contribution >= 0.6 is 15.9 Å². The fourth-order valence-electron chi connectivity index (χ4n) is 1.23. The molecule has 1 heterocycles.